The standard InChI is InChI=1S/C13H18BrNO5/c1-6-2-3-7(4-8(6)14)15-13-12(19)11(18)10(17)9(5-16)20-13/h2-4,9-13,15-19H,5H2,1H3/t9-,10+,11+,12+,13+/m0/s1. The second-order valence-electron chi connectivity index (χ2n) is 4.86. The minimum absolute atomic E-state index is 0.444. The summed E-state index contributed by atoms with van der Waals surface area (Å²) in [7, 11) is 0. The average Bonchev–Trinajstić information content (AvgIpc) is 2.43. The summed E-state index contributed by atoms with van der Waals surface area (Å²) in [5.41, 5.74) is 1.75. The van der Waals surface area contributed by atoms with Crippen molar-refractivity contribution in [3.8, 4) is 0 Å². The molecule has 0 spiro atoms. The van der Waals surface area contributed by atoms with Gasteiger partial charge in [-0.3, -0.25) is 0 Å². The fraction of sp³-hybridized carbons (Fsp3) is 0.538. The van der Waals surface area contributed by atoms with Crippen molar-refractivity contribution in [2.24, 2.45) is 0 Å². The van der Waals surface area contributed by atoms with Gasteiger partial charge in [-0.25, -0.2) is 0 Å². The smallest absolute Gasteiger partial charge is 0.157 e. The van der Waals surface area contributed by atoms with E-state index >= 15 is 0 Å². The first-order chi connectivity index (χ1) is 9.43. The highest BCUT2D eigenvalue weighted by Crippen LogP contribution is 2.25. The van der Waals surface area contributed by atoms with Crippen molar-refractivity contribution in [3.63, 3.8) is 0 Å². The Kier molecular flexibility index (Phi) is 5.00. The van der Waals surface area contributed by atoms with Crippen LogP contribution < -0.4 is 5.32 Å². The number of aryl methyl sites for hydroxylation is 1. The lowest BCUT2D eigenvalue weighted by Gasteiger charge is -2.40. The molecular formula is C13H18BrNO5. The first-order valence-electron chi connectivity index (χ1n) is 6.27. The maximum Gasteiger partial charge on any atom is 0.157 e. The Morgan fingerprint density at radius 1 is 1.20 bits per heavy atom. The van der Waals surface area contributed by atoms with Gasteiger partial charge in [0.25, 0.3) is 0 Å². The van der Waals surface area contributed by atoms with Crippen molar-refractivity contribution in [3.05, 3.63) is 28.2 Å². The number of hydrogen-bond donors (Lipinski definition) is 5. The summed E-state index contributed by atoms with van der Waals surface area (Å²) in [6.07, 6.45) is -5.86. The molecule has 0 aliphatic carbocycles. The third kappa shape index (κ3) is 3.13. The predicted molar refractivity (Wildman–Crippen MR) is 76.3 cm³/mol. The summed E-state index contributed by atoms with van der Waals surface area (Å²) in [6.45, 7) is 1.50. The van der Waals surface area contributed by atoms with Crippen molar-refractivity contribution in [2.75, 3.05) is 11.9 Å². The van der Waals surface area contributed by atoms with Gasteiger partial charge in [-0.15, -0.1) is 0 Å². The van der Waals surface area contributed by atoms with Crippen molar-refractivity contribution >= 4 is 21.6 Å². The van der Waals surface area contributed by atoms with Gasteiger partial charge in [0.15, 0.2) is 6.23 Å². The number of anilines is 1. The van der Waals surface area contributed by atoms with Crippen LogP contribution in [-0.4, -0.2) is 57.7 Å². The maximum atomic E-state index is 9.92. The van der Waals surface area contributed by atoms with E-state index < -0.39 is 37.3 Å². The lowest BCUT2D eigenvalue weighted by Crippen LogP contribution is -2.60. The van der Waals surface area contributed by atoms with Gasteiger partial charge in [-0.05, 0) is 24.6 Å². The van der Waals surface area contributed by atoms with Crippen LogP contribution >= 0.6 is 15.9 Å². The molecule has 1 aromatic rings. The molecule has 1 aliphatic rings. The fourth-order valence-corrected chi connectivity index (χ4v) is 2.45. The monoisotopic (exact) mass is 347 g/mol. The van der Waals surface area contributed by atoms with Crippen molar-refractivity contribution in [1.29, 1.82) is 0 Å². The van der Waals surface area contributed by atoms with Gasteiger partial charge in [0.1, 0.15) is 24.4 Å². The molecule has 1 saturated heterocycles. The Hall–Kier alpha value is -0.700. The molecule has 2 rings (SSSR count). The molecule has 1 aromatic carbocycles. The van der Waals surface area contributed by atoms with Gasteiger partial charge in [0, 0.05) is 10.2 Å². The number of hydrogen-bond acceptors (Lipinski definition) is 6. The van der Waals surface area contributed by atoms with E-state index in [1.165, 1.54) is 0 Å². The predicted octanol–water partition coefficient (Wildman–Crippen LogP) is -0.0307. The number of halogens is 1. The van der Waals surface area contributed by atoms with E-state index in [1.54, 1.807) is 0 Å². The SMILES string of the molecule is Cc1ccc(N[C@@H]2O[C@@H](CO)[C@@H](O)[C@@H](O)[C@H]2O)cc1Br. The summed E-state index contributed by atoms with van der Waals surface area (Å²) in [5, 5.41) is 41.4. The molecule has 1 fully saturated rings. The zero-order valence-electron chi connectivity index (χ0n) is 10.9. The van der Waals surface area contributed by atoms with Crippen LogP contribution in [0, 0.1) is 6.92 Å². The van der Waals surface area contributed by atoms with Crippen LogP contribution in [0.1, 0.15) is 5.56 Å². The van der Waals surface area contributed by atoms with Crippen molar-refractivity contribution in [1.82, 2.24) is 0 Å². The molecule has 0 unspecified atom stereocenters. The summed E-state index contributed by atoms with van der Waals surface area (Å²) < 4.78 is 6.26. The van der Waals surface area contributed by atoms with E-state index in [4.69, 9.17) is 9.84 Å². The Labute approximate surface area is 125 Å². The first kappa shape index (κ1) is 15.7. The molecule has 0 amide bonds. The molecule has 1 aliphatic heterocycles. The quantitative estimate of drug-likeness (QED) is 0.526. The van der Waals surface area contributed by atoms with E-state index in [0.29, 0.717) is 5.69 Å². The van der Waals surface area contributed by atoms with Gasteiger partial charge in [-0.1, -0.05) is 22.0 Å². The minimum Gasteiger partial charge on any atom is -0.394 e. The average molecular weight is 348 g/mol. The zero-order chi connectivity index (χ0) is 14.9. The topological polar surface area (TPSA) is 102 Å². The van der Waals surface area contributed by atoms with Gasteiger partial charge in [0.2, 0.25) is 0 Å². The number of aliphatic hydroxyl groups excluding tert-OH is 4. The van der Waals surface area contributed by atoms with Gasteiger partial charge < -0.3 is 30.5 Å². The van der Waals surface area contributed by atoms with Gasteiger partial charge >= 0.3 is 0 Å². The minimum atomic E-state index is -1.38. The highest BCUT2D eigenvalue weighted by Gasteiger charge is 2.43. The Morgan fingerprint density at radius 2 is 1.90 bits per heavy atom. The molecule has 6 nitrogen and oxygen atoms in total. The number of benzene rings is 1. The van der Waals surface area contributed by atoms with Crippen LogP contribution in [0.25, 0.3) is 0 Å². The number of rotatable bonds is 3. The molecule has 7 heteroatoms. The van der Waals surface area contributed by atoms with E-state index in [1.807, 2.05) is 25.1 Å². The van der Waals surface area contributed by atoms with Gasteiger partial charge in [0.05, 0.1) is 6.61 Å². The number of ether oxygens (including phenoxy) is 1. The van der Waals surface area contributed by atoms with Crippen molar-refractivity contribution in [2.45, 2.75) is 37.6 Å². The van der Waals surface area contributed by atoms with E-state index in [-0.39, 0.29) is 0 Å². The third-order valence-corrected chi connectivity index (χ3v) is 4.23. The second-order valence-corrected chi connectivity index (χ2v) is 5.71. The summed E-state index contributed by atoms with van der Waals surface area (Å²) in [4.78, 5) is 0. The molecule has 0 aromatic heterocycles. The first-order valence-corrected chi connectivity index (χ1v) is 7.06. The lowest BCUT2D eigenvalue weighted by atomic mass is 9.98. The Bertz CT molecular complexity index is 470. The summed E-state index contributed by atoms with van der Waals surface area (Å²) in [5.74, 6) is 0. The highest BCUT2D eigenvalue weighted by atomic mass is 79.9. The molecular weight excluding hydrogens is 330 g/mol. The van der Waals surface area contributed by atoms with Crippen LogP contribution in [0.5, 0.6) is 0 Å². The molecule has 112 valence electrons. The van der Waals surface area contributed by atoms with Crippen molar-refractivity contribution < 1.29 is 25.2 Å². The summed E-state index contributed by atoms with van der Waals surface area (Å²) in [6, 6.07) is 5.51. The Morgan fingerprint density at radius 3 is 2.50 bits per heavy atom. The lowest BCUT2D eigenvalue weighted by molar-refractivity contribution is -0.221. The fourth-order valence-electron chi connectivity index (χ4n) is 2.07. The van der Waals surface area contributed by atoms with Crippen LogP contribution in [0.2, 0.25) is 0 Å². The van der Waals surface area contributed by atoms with Crippen LogP contribution in [0.3, 0.4) is 0 Å². The maximum absolute atomic E-state index is 9.92. The molecule has 5 N–H and O–H groups in total. The Balaban J connectivity index is 2.13. The van der Waals surface area contributed by atoms with E-state index in [2.05, 4.69) is 21.2 Å². The third-order valence-electron chi connectivity index (χ3n) is 3.37. The molecule has 0 radical (unpaired) electrons. The molecule has 20 heavy (non-hydrogen) atoms. The molecule has 5 atom stereocenters. The normalized spacial score (nSPS) is 34.0. The number of aliphatic hydroxyl groups is 4. The number of nitrogens with one attached hydrogen (secondary N) is 1. The molecule has 1 heterocycles. The van der Waals surface area contributed by atoms with Crippen LogP contribution in [-0.2, 0) is 4.74 Å². The van der Waals surface area contributed by atoms with Gasteiger partial charge in [-0.2, -0.15) is 0 Å². The highest BCUT2D eigenvalue weighted by molar-refractivity contribution is 9.10. The zero-order valence-corrected chi connectivity index (χ0v) is 12.5. The van der Waals surface area contributed by atoms with Crippen LogP contribution in [0.4, 0.5) is 5.69 Å². The van der Waals surface area contributed by atoms with E-state index in [9.17, 15) is 15.3 Å². The second kappa shape index (κ2) is 6.38. The van der Waals surface area contributed by atoms with E-state index in [0.717, 1.165) is 10.0 Å². The molecule has 0 saturated carbocycles. The largest absolute Gasteiger partial charge is 0.394 e. The van der Waals surface area contributed by atoms with Crippen LogP contribution in [0.15, 0.2) is 22.7 Å². The summed E-state index contributed by atoms with van der Waals surface area (Å²) >= 11 is 3.40. The molecule has 0 bridgehead atoms.